The fourth-order valence-electron chi connectivity index (χ4n) is 3.62. The van der Waals surface area contributed by atoms with Crippen LogP contribution in [0.4, 0.5) is 5.69 Å². The minimum Gasteiger partial charge on any atom is -0.481 e. The summed E-state index contributed by atoms with van der Waals surface area (Å²) in [4.78, 5) is 39.1. The monoisotopic (exact) mass is 330 g/mol. The Bertz CT molecular complexity index is 700. The number of carbonyl (C=O) groups is 3. The van der Waals surface area contributed by atoms with Gasteiger partial charge in [0, 0.05) is 37.3 Å². The first-order chi connectivity index (χ1) is 11.4. The smallest absolute Gasteiger partial charge is 0.308 e. The van der Waals surface area contributed by atoms with Gasteiger partial charge in [-0.3, -0.25) is 14.4 Å². The molecule has 2 unspecified atom stereocenters. The highest BCUT2D eigenvalue weighted by Gasteiger charge is 2.33. The van der Waals surface area contributed by atoms with Gasteiger partial charge in [-0.25, -0.2) is 0 Å². The number of piperidine rings is 1. The van der Waals surface area contributed by atoms with Crippen molar-refractivity contribution in [2.75, 3.05) is 18.0 Å². The first-order valence-electron chi connectivity index (χ1n) is 8.33. The zero-order chi connectivity index (χ0) is 17.4. The molecule has 3 rings (SSSR count). The Kier molecular flexibility index (Phi) is 4.30. The maximum Gasteiger partial charge on any atom is 0.308 e. The number of hydrogen-bond acceptors (Lipinski definition) is 3. The van der Waals surface area contributed by atoms with Crippen molar-refractivity contribution in [3.05, 3.63) is 29.3 Å². The van der Waals surface area contributed by atoms with Crippen molar-refractivity contribution in [3.63, 3.8) is 0 Å². The van der Waals surface area contributed by atoms with Crippen LogP contribution in [0.5, 0.6) is 0 Å². The van der Waals surface area contributed by atoms with E-state index in [4.69, 9.17) is 0 Å². The molecule has 128 valence electrons. The van der Waals surface area contributed by atoms with Gasteiger partial charge in [-0.2, -0.15) is 0 Å². The molecule has 24 heavy (non-hydrogen) atoms. The molecular formula is C18H22N2O4. The van der Waals surface area contributed by atoms with Crippen molar-refractivity contribution in [3.8, 4) is 0 Å². The highest BCUT2D eigenvalue weighted by Crippen LogP contribution is 2.30. The second-order valence-corrected chi connectivity index (χ2v) is 6.68. The van der Waals surface area contributed by atoms with Gasteiger partial charge in [0.25, 0.3) is 5.91 Å². The van der Waals surface area contributed by atoms with Gasteiger partial charge in [0.05, 0.1) is 5.92 Å². The summed E-state index contributed by atoms with van der Waals surface area (Å²) in [5.41, 5.74) is 2.43. The number of carbonyl (C=O) groups excluding carboxylic acids is 2. The van der Waals surface area contributed by atoms with Gasteiger partial charge in [0.15, 0.2) is 0 Å². The molecule has 0 spiro atoms. The average molecular weight is 330 g/mol. The van der Waals surface area contributed by atoms with Crippen LogP contribution in [-0.4, -0.2) is 46.9 Å². The van der Waals surface area contributed by atoms with E-state index in [1.807, 2.05) is 19.1 Å². The molecule has 2 amide bonds. The molecule has 0 bridgehead atoms. The lowest BCUT2D eigenvalue weighted by molar-refractivity contribution is -0.143. The van der Waals surface area contributed by atoms with Gasteiger partial charge in [-0.15, -0.1) is 0 Å². The van der Waals surface area contributed by atoms with Crippen molar-refractivity contribution >= 4 is 23.5 Å². The van der Waals surface area contributed by atoms with Crippen LogP contribution in [0.2, 0.25) is 0 Å². The Labute approximate surface area is 141 Å². The van der Waals surface area contributed by atoms with Crippen molar-refractivity contribution in [1.29, 1.82) is 0 Å². The molecule has 6 heteroatoms. The molecule has 1 fully saturated rings. The number of anilines is 1. The number of hydrogen-bond donors (Lipinski definition) is 1. The van der Waals surface area contributed by atoms with Crippen molar-refractivity contribution in [2.24, 2.45) is 5.92 Å². The zero-order valence-electron chi connectivity index (χ0n) is 14.0. The van der Waals surface area contributed by atoms with Crippen LogP contribution in [-0.2, 0) is 16.0 Å². The van der Waals surface area contributed by atoms with Gasteiger partial charge in [0.2, 0.25) is 5.91 Å². The standard InChI is InChI=1S/C18H22N2O4/c1-11-3-4-15(18(23)24)10-20(11)17(22)14-5-6-16-13(9-14)7-8-19(16)12(2)21/h5-6,9,11,15H,3-4,7-8,10H2,1-2H3,(H,23,24). The first kappa shape index (κ1) is 16.5. The van der Waals surface area contributed by atoms with E-state index in [1.165, 1.54) is 6.92 Å². The minimum atomic E-state index is -0.842. The number of amides is 2. The Balaban J connectivity index is 1.83. The molecule has 6 nitrogen and oxygen atoms in total. The Morgan fingerprint density at radius 2 is 1.96 bits per heavy atom. The molecule has 2 heterocycles. The zero-order valence-corrected chi connectivity index (χ0v) is 14.0. The summed E-state index contributed by atoms with van der Waals surface area (Å²) >= 11 is 0. The number of fused-ring (bicyclic) bond motifs is 1. The SMILES string of the molecule is CC(=O)N1CCc2cc(C(=O)N3CC(C(=O)O)CCC3C)ccc21. The molecule has 0 aliphatic carbocycles. The lowest BCUT2D eigenvalue weighted by Crippen LogP contribution is -2.47. The van der Waals surface area contributed by atoms with Gasteiger partial charge >= 0.3 is 5.97 Å². The topological polar surface area (TPSA) is 77.9 Å². The first-order valence-corrected chi connectivity index (χ1v) is 8.33. The molecule has 0 aromatic heterocycles. The average Bonchev–Trinajstić information content (AvgIpc) is 2.97. The number of likely N-dealkylation sites (tertiary alicyclic amines) is 1. The normalized spacial score (nSPS) is 23.1. The van der Waals surface area contributed by atoms with Gasteiger partial charge in [0.1, 0.15) is 0 Å². The van der Waals surface area contributed by atoms with E-state index in [0.29, 0.717) is 24.9 Å². The number of aliphatic carboxylic acids is 1. The van der Waals surface area contributed by atoms with E-state index >= 15 is 0 Å². The molecule has 2 aliphatic rings. The van der Waals surface area contributed by atoms with E-state index < -0.39 is 11.9 Å². The van der Waals surface area contributed by atoms with Crippen LogP contribution < -0.4 is 4.90 Å². The lowest BCUT2D eigenvalue weighted by atomic mass is 9.92. The Morgan fingerprint density at radius 3 is 2.62 bits per heavy atom. The van der Waals surface area contributed by atoms with Crippen LogP contribution in [0.3, 0.4) is 0 Å². The number of nitrogens with zero attached hydrogens (tertiary/aromatic N) is 2. The fraction of sp³-hybridized carbons (Fsp3) is 0.500. The molecular weight excluding hydrogens is 308 g/mol. The molecule has 0 radical (unpaired) electrons. The van der Waals surface area contributed by atoms with Crippen LogP contribution >= 0.6 is 0 Å². The minimum absolute atomic E-state index is 0.00165. The number of rotatable bonds is 2. The molecule has 1 aromatic rings. The maximum absolute atomic E-state index is 12.8. The van der Waals surface area contributed by atoms with E-state index in [9.17, 15) is 19.5 Å². The second-order valence-electron chi connectivity index (χ2n) is 6.68. The van der Waals surface area contributed by atoms with E-state index in [1.54, 1.807) is 15.9 Å². The molecule has 0 saturated carbocycles. The largest absolute Gasteiger partial charge is 0.481 e. The second kappa shape index (κ2) is 6.26. The van der Waals surface area contributed by atoms with Crippen molar-refractivity contribution in [1.82, 2.24) is 4.90 Å². The molecule has 1 saturated heterocycles. The molecule has 1 aromatic carbocycles. The number of benzene rings is 1. The third kappa shape index (κ3) is 2.88. The number of carboxylic acids is 1. The Morgan fingerprint density at radius 1 is 1.21 bits per heavy atom. The predicted octanol–water partition coefficient (Wildman–Crippen LogP) is 1.92. The third-order valence-electron chi connectivity index (χ3n) is 5.09. The van der Waals surface area contributed by atoms with E-state index in [0.717, 1.165) is 17.7 Å². The predicted molar refractivity (Wildman–Crippen MR) is 89.0 cm³/mol. The summed E-state index contributed by atoms with van der Waals surface area (Å²) in [6, 6.07) is 5.44. The summed E-state index contributed by atoms with van der Waals surface area (Å²) < 4.78 is 0. The molecule has 1 N–H and O–H groups in total. The molecule has 2 atom stereocenters. The summed E-state index contributed by atoms with van der Waals surface area (Å²) in [5, 5.41) is 9.23. The summed E-state index contributed by atoms with van der Waals surface area (Å²) in [5.74, 6) is -1.46. The Hall–Kier alpha value is -2.37. The van der Waals surface area contributed by atoms with Gasteiger partial charge < -0.3 is 14.9 Å². The van der Waals surface area contributed by atoms with Crippen LogP contribution in [0, 0.1) is 5.92 Å². The third-order valence-corrected chi connectivity index (χ3v) is 5.09. The summed E-state index contributed by atoms with van der Waals surface area (Å²) in [6.45, 7) is 4.39. The van der Waals surface area contributed by atoms with Crippen LogP contribution in [0.15, 0.2) is 18.2 Å². The highest BCUT2D eigenvalue weighted by atomic mass is 16.4. The highest BCUT2D eigenvalue weighted by molar-refractivity contribution is 5.98. The van der Waals surface area contributed by atoms with E-state index in [-0.39, 0.29) is 24.4 Å². The fourth-order valence-corrected chi connectivity index (χ4v) is 3.62. The lowest BCUT2D eigenvalue weighted by Gasteiger charge is -2.36. The number of carboxylic acid groups (broad SMARTS) is 1. The maximum atomic E-state index is 12.8. The van der Waals surface area contributed by atoms with E-state index in [2.05, 4.69) is 0 Å². The van der Waals surface area contributed by atoms with Gasteiger partial charge in [-0.05, 0) is 49.9 Å². The van der Waals surface area contributed by atoms with Crippen LogP contribution in [0.25, 0.3) is 0 Å². The van der Waals surface area contributed by atoms with Crippen molar-refractivity contribution in [2.45, 2.75) is 39.2 Å². The van der Waals surface area contributed by atoms with Crippen LogP contribution in [0.1, 0.15) is 42.6 Å². The molecule has 2 aliphatic heterocycles. The summed E-state index contributed by atoms with van der Waals surface area (Å²) in [6.07, 6.45) is 2.05. The van der Waals surface area contributed by atoms with Crippen molar-refractivity contribution < 1.29 is 19.5 Å². The summed E-state index contributed by atoms with van der Waals surface area (Å²) in [7, 11) is 0. The van der Waals surface area contributed by atoms with Gasteiger partial charge in [-0.1, -0.05) is 0 Å². The quantitative estimate of drug-likeness (QED) is 0.899.